The number of hydrogen-bond donors (Lipinski definition) is 1. The molecule has 0 spiro atoms. The molecule has 1 atom stereocenters. The zero-order valence-electron chi connectivity index (χ0n) is 10.9. The second kappa shape index (κ2) is 6.66. The number of hydroxylamine groups is 1. The Kier molecular flexibility index (Phi) is 4.66. The highest BCUT2D eigenvalue weighted by Gasteiger charge is 2.19. The third-order valence-corrected chi connectivity index (χ3v) is 5.44. The van der Waals surface area contributed by atoms with Gasteiger partial charge in [0.25, 0.3) is 0 Å². The minimum atomic E-state index is 0.277. The fraction of sp³-hybridized carbons (Fsp3) is 0.467. The summed E-state index contributed by atoms with van der Waals surface area (Å²) in [6, 6.07) is 8.89. The molecule has 0 saturated heterocycles. The molecule has 2 nitrogen and oxygen atoms in total. The first-order valence-electron chi connectivity index (χ1n) is 6.89. The lowest BCUT2D eigenvalue weighted by atomic mass is 10.1. The van der Waals surface area contributed by atoms with E-state index in [0.717, 1.165) is 6.42 Å². The highest BCUT2D eigenvalue weighted by atomic mass is 32.1. The van der Waals surface area contributed by atoms with Gasteiger partial charge in [0.05, 0.1) is 12.1 Å². The molecule has 0 amide bonds. The molecule has 3 rings (SSSR count). The maximum absolute atomic E-state index is 5.90. The van der Waals surface area contributed by atoms with Crippen molar-refractivity contribution in [2.24, 2.45) is 0 Å². The Bertz CT molecular complexity index is 460. The maximum atomic E-state index is 5.90. The monoisotopic (exact) mass is 293 g/mol. The maximum Gasteiger partial charge on any atom is 0.0790 e. The molecule has 0 aliphatic heterocycles. The van der Waals surface area contributed by atoms with E-state index in [9.17, 15) is 0 Å². The van der Waals surface area contributed by atoms with Gasteiger partial charge in [0, 0.05) is 16.2 Å². The van der Waals surface area contributed by atoms with Crippen molar-refractivity contribution < 1.29 is 4.84 Å². The molecule has 0 bridgehead atoms. The van der Waals surface area contributed by atoms with Crippen LogP contribution in [0.15, 0.2) is 35.0 Å². The van der Waals surface area contributed by atoms with Gasteiger partial charge in [-0.25, -0.2) is 0 Å². The lowest BCUT2D eigenvalue weighted by Crippen LogP contribution is -2.27. The lowest BCUT2D eigenvalue weighted by Gasteiger charge is -2.19. The first kappa shape index (κ1) is 13.3. The second-order valence-electron chi connectivity index (χ2n) is 4.99. The lowest BCUT2D eigenvalue weighted by molar-refractivity contribution is -0.0401. The first-order chi connectivity index (χ1) is 9.42. The number of rotatable bonds is 6. The molecular formula is C15H19NOS2. The van der Waals surface area contributed by atoms with Crippen molar-refractivity contribution in [3.05, 3.63) is 44.8 Å². The molecule has 1 N–H and O–H groups in total. The Labute approximate surface area is 122 Å². The largest absolute Gasteiger partial charge is 0.298 e. The third-order valence-electron chi connectivity index (χ3n) is 3.55. The average molecular weight is 293 g/mol. The van der Waals surface area contributed by atoms with E-state index in [0.29, 0.717) is 6.10 Å². The topological polar surface area (TPSA) is 21.3 Å². The molecule has 0 aromatic carbocycles. The van der Waals surface area contributed by atoms with Crippen LogP contribution in [0.25, 0.3) is 0 Å². The van der Waals surface area contributed by atoms with Crippen molar-refractivity contribution in [2.75, 3.05) is 0 Å². The summed E-state index contributed by atoms with van der Waals surface area (Å²) in [6.07, 6.45) is 6.42. The van der Waals surface area contributed by atoms with Crippen LogP contribution in [0.4, 0.5) is 0 Å². The van der Waals surface area contributed by atoms with Crippen molar-refractivity contribution in [3.8, 4) is 0 Å². The number of nitrogens with one attached hydrogen (secondary N) is 1. The number of hydrogen-bond acceptors (Lipinski definition) is 4. The van der Waals surface area contributed by atoms with E-state index in [1.807, 2.05) is 11.3 Å². The molecular weight excluding hydrogens is 274 g/mol. The SMILES string of the molecule is c1csc(CC(NOC2CCCC2)c2cccs2)c1. The molecule has 19 heavy (non-hydrogen) atoms. The van der Waals surface area contributed by atoms with Crippen LogP contribution in [0.1, 0.15) is 41.5 Å². The molecule has 1 aliphatic rings. The van der Waals surface area contributed by atoms with Gasteiger partial charge in [-0.3, -0.25) is 4.84 Å². The zero-order chi connectivity index (χ0) is 12.9. The van der Waals surface area contributed by atoms with Gasteiger partial charge < -0.3 is 0 Å². The van der Waals surface area contributed by atoms with Gasteiger partial charge in [0.2, 0.25) is 0 Å². The van der Waals surface area contributed by atoms with Crippen LogP contribution < -0.4 is 5.48 Å². The van der Waals surface area contributed by atoms with Gasteiger partial charge in [-0.2, -0.15) is 5.48 Å². The summed E-state index contributed by atoms with van der Waals surface area (Å²) in [7, 11) is 0. The Hall–Kier alpha value is -0.680. The summed E-state index contributed by atoms with van der Waals surface area (Å²) < 4.78 is 0. The van der Waals surface area contributed by atoms with Crippen molar-refractivity contribution in [1.29, 1.82) is 0 Å². The second-order valence-corrected chi connectivity index (χ2v) is 7.01. The van der Waals surface area contributed by atoms with Crippen LogP contribution in [0.5, 0.6) is 0 Å². The van der Waals surface area contributed by atoms with Crippen LogP contribution in [-0.4, -0.2) is 6.10 Å². The van der Waals surface area contributed by atoms with Gasteiger partial charge in [0.1, 0.15) is 0 Å². The Morgan fingerprint density at radius 1 is 1.16 bits per heavy atom. The van der Waals surface area contributed by atoms with E-state index in [-0.39, 0.29) is 6.04 Å². The van der Waals surface area contributed by atoms with Crippen molar-refractivity contribution in [2.45, 2.75) is 44.2 Å². The summed E-state index contributed by atoms with van der Waals surface area (Å²) >= 11 is 3.61. The summed E-state index contributed by atoms with van der Waals surface area (Å²) in [6.45, 7) is 0. The van der Waals surface area contributed by atoms with Crippen molar-refractivity contribution >= 4 is 22.7 Å². The molecule has 0 radical (unpaired) electrons. The predicted molar refractivity (Wildman–Crippen MR) is 81.6 cm³/mol. The summed E-state index contributed by atoms with van der Waals surface area (Å²) in [5.74, 6) is 0. The van der Waals surface area contributed by atoms with Gasteiger partial charge >= 0.3 is 0 Å². The fourth-order valence-corrected chi connectivity index (χ4v) is 4.02. The standard InChI is InChI=1S/C15H19NOS2/c1-2-6-12(5-1)17-16-14(15-8-4-10-19-15)11-13-7-3-9-18-13/h3-4,7-10,12,14,16H,1-2,5-6,11H2. The Morgan fingerprint density at radius 3 is 2.63 bits per heavy atom. The molecule has 102 valence electrons. The van der Waals surface area contributed by atoms with Gasteiger partial charge in [-0.1, -0.05) is 25.0 Å². The summed E-state index contributed by atoms with van der Waals surface area (Å²) in [4.78, 5) is 8.66. The Morgan fingerprint density at radius 2 is 1.95 bits per heavy atom. The van der Waals surface area contributed by atoms with Crippen LogP contribution >= 0.6 is 22.7 Å². The Balaban J connectivity index is 1.62. The minimum absolute atomic E-state index is 0.277. The molecule has 1 fully saturated rings. The highest BCUT2D eigenvalue weighted by molar-refractivity contribution is 7.10. The molecule has 4 heteroatoms. The fourth-order valence-electron chi connectivity index (χ4n) is 2.50. The number of thiophene rings is 2. The first-order valence-corrected chi connectivity index (χ1v) is 8.65. The molecule has 1 unspecified atom stereocenters. The molecule has 1 saturated carbocycles. The molecule has 2 aromatic rings. The highest BCUT2D eigenvalue weighted by Crippen LogP contribution is 2.26. The molecule has 1 aliphatic carbocycles. The van der Waals surface area contributed by atoms with E-state index in [1.165, 1.54) is 35.4 Å². The normalized spacial score (nSPS) is 17.9. The van der Waals surface area contributed by atoms with E-state index in [1.54, 1.807) is 11.3 Å². The average Bonchev–Trinajstić information content (AvgIpc) is 3.15. The molecule has 2 heterocycles. The van der Waals surface area contributed by atoms with E-state index < -0.39 is 0 Å². The van der Waals surface area contributed by atoms with Gasteiger partial charge in [-0.05, 0) is 35.7 Å². The van der Waals surface area contributed by atoms with E-state index in [2.05, 4.69) is 40.5 Å². The third kappa shape index (κ3) is 3.66. The van der Waals surface area contributed by atoms with E-state index >= 15 is 0 Å². The minimum Gasteiger partial charge on any atom is -0.298 e. The van der Waals surface area contributed by atoms with E-state index in [4.69, 9.17) is 4.84 Å². The van der Waals surface area contributed by atoms with Crippen LogP contribution in [0.3, 0.4) is 0 Å². The van der Waals surface area contributed by atoms with Gasteiger partial charge in [0.15, 0.2) is 0 Å². The summed E-state index contributed by atoms with van der Waals surface area (Å²) in [5.41, 5.74) is 3.32. The quantitative estimate of drug-likeness (QED) is 0.788. The van der Waals surface area contributed by atoms with Crippen LogP contribution in [-0.2, 0) is 11.3 Å². The van der Waals surface area contributed by atoms with Crippen molar-refractivity contribution in [3.63, 3.8) is 0 Å². The van der Waals surface area contributed by atoms with Gasteiger partial charge in [-0.15, -0.1) is 22.7 Å². The van der Waals surface area contributed by atoms with Crippen molar-refractivity contribution in [1.82, 2.24) is 5.48 Å². The van der Waals surface area contributed by atoms with Crippen LogP contribution in [0.2, 0.25) is 0 Å². The van der Waals surface area contributed by atoms with Crippen LogP contribution in [0, 0.1) is 0 Å². The summed E-state index contributed by atoms with van der Waals surface area (Å²) in [5, 5.41) is 4.27. The molecule has 2 aromatic heterocycles. The zero-order valence-corrected chi connectivity index (χ0v) is 12.5. The predicted octanol–water partition coefficient (Wildman–Crippen LogP) is 4.56. The smallest absolute Gasteiger partial charge is 0.0790 e.